The van der Waals surface area contributed by atoms with Gasteiger partial charge >= 0.3 is 0 Å². The van der Waals surface area contributed by atoms with Crippen LogP contribution in [0.1, 0.15) is 39.7 Å². The Morgan fingerprint density at radius 1 is 1.23 bits per heavy atom. The molecule has 0 aromatic carbocycles. The molecular formula is C23H33N7S. The van der Waals surface area contributed by atoms with Crippen molar-refractivity contribution in [3.63, 3.8) is 0 Å². The fourth-order valence-electron chi connectivity index (χ4n) is 3.60. The van der Waals surface area contributed by atoms with Gasteiger partial charge in [0.1, 0.15) is 22.0 Å². The molecule has 8 heteroatoms. The van der Waals surface area contributed by atoms with Crippen molar-refractivity contribution in [2.24, 2.45) is 5.41 Å². The van der Waals surface area contributed by atoms with E-state index in [9.17, 15) is 0 Å². The molecule has 0 aliphatic carbocycles. The van der Waals surface area contributed by atoms with E-state index in [0.717, 1.165) is 53.2 Å². The van der Waals surface area contributed by atoms with Gasteiger partial charge in [-0.3, -0.25) is 0 Å². The molecule has 3 N–H and O–H groups in total. The zero-order valence-electron chi connectivity index (χ0n) is 19.1. The number of fused-ring (bicyclic) bond motifs is 1. The molecule has 0 radical (unpaired) electrons. The summed E-state index contributed by atoms with van der Waals surface area (Å²) >= 11 is 1.54. The standard InChI is InChI=1S/C23H33N7S/c1-15(23(2,3)4)25-13-16-11-19(26-17-8-10-30(5)14-17)28-20(12-16)29-22-27-18-7-6-9-24-21(18)31-22/h6-7,9,11-12,15,17,25H,8,10,13-14H2,1-5H3,(H2,26,27,28,29)/t15-,17?/m0/s1. The van der Waals surface area contributed by atoms with Gasteiger partial charge < -0.3 is 20.9 Å². The Kier molecular flexibility index (Phi) is 6.41. The summed E-state index contributed by atoms with van der Waals surface area (Å²) in [4.78, 5) is 17.2. The van der Waals surface area contributed by atoms with Crippen molar-refractivity contribution in [3.8, 4) is 0 Å². The fraction of sp³-hybridized carbons (Fsp3) is 0.522. The maximum atomic E-state index is 4.84. The van der Waals surface area contributed by atoms with E-state index in [-0.39, 0.29) is 5.41 Å². The zero-order valence-corrected chi connectivity index (χ0v) is 19.9. The maximum Gasteiger partial charge on any atom is 0.190 e. The fourth-order valence-corrected chi connectivity index (χ4v) is 4.41. The number of likely N-dealkylation sites (N-methyl/N-ethyl adjacent to an activating group) is 1. The van der Waals surface area contributed by atoms with Crippen LogP contribution >= 0.6 is 11.3 Å². The first-order chi connectivity index (χ1) is 14.8. The molecule has 4 rings (SSSR count). The Hall–Kier alpha value is -2.29. The van der Waals surface area contributed by atoms with Crippen LogP contribution in [0.25, 0.3) is 10.3 Å². The molecule has 1 unspecified atom stereocenters. The second-order valence-corrected chi connectivity index (χ2v) is 10.6. The summed E-state index contributed by atoms with van der Waals surface area (Å²) in [6, 6.07) is 8.98. The van der Waals surface area contributed by atoms with Crippen molar-refractivity contribution in [2.45, 2.75) is 52.7 Å². The Morgan fingerprint density at radius 2 is 2.03 bits per heavy atom. The molecule has 2 atom stereocenters. The van der Waals surface area contributed by atoms with E-state index in [1.807, 2.05) is 12.1 Å². The average molecular weight is 440 g/mol. The van der Waals surface area contributed by atoms with Gasteiger partial charge in [0, 0.05) is 31.4 Å². The first-order valence-electron chi connectivity index (χ1n) is 10.9. The molecule has 1 saturated heterocycles. The smallest absolute Gasteiger partial charge is 0.190 e. The second-order valence-electron chi connectivity index (χ2n) is 9.58. The minimum Gasteiger partial charge on any atom is -0.366 e. The predicted octanol–water partition coefficient (Wildman–Crippen LogP) is 4.47. The van der Waals surface area contributed by atoms with Crippen LogP contribution in [0.5, 0.6) is 0 Å². The Labute approximate surface area is 188 Å². The molecule has 31 heavy (non-hydrogen) atoms. The number of thiazole rings is 1. The van der Waals surface area contributed by atoms with Crippen LogP contribution in [0.3, 0.4) is 0 Å². The zero-order chi connectivity index (χ0) is 22.0. The summed E-state index contributed by atoms with van der Waals surface area (Å²) in [6.07, 6.45) is 2.93. The molecule has 0 spiro atoms. The van der Waals surface area contributed by atoms with Gasteiger partial charge in [-0.1, -0.05) is 32.1 Å². The average Bonchev–Trinajstić information content (AvgIpc) is 3.30. The molecule has 7 nitrogen and oxygen atoms in total. The molecule has 3 aromatic rings. The van der Waals surface area contributed by atoms with E-state index >= 15 is 0 Å². The van der Waals surface area contributed by atoms with Crippen molar-refractivity contribution in [2.75, 3.05) is 30.8 Å². The Bertz CT molecular complexity index is 993. The van der Waals surface area contributed by atoms with E-state index in [4.69, 9.17) is 4.98 Å². The maximum absolute atomic E-state index is 4.84. The van der Waals surface area contributed by atoms with Gasteiger partial charge in [0.2, 0.25) is 0 Å². The summed E-state index contributed by atoms with van der Waals surface area (Å²) in [5.41, 5.74) is 2.30. The van der Waals surface area contributed by atoms with Gasteiger partial charge in [0.15, 0.2) is 5.13 Å². The first-order valence-corrected chi connectivity index (χ1v) is 11.8. The minimum absolute atomic E-state index is 0.206. The van der Waals surface area contributed by atoms with E-state index in [0.29, 0.717) is 12.1 Å². The molecule has 1 aliphatic heterocycles. The van der Waals surface area contributed by atoms with Crippen molar-refractivity contribution in [1.82, 2.24) is 25.2 Å². The molecule has 0 saturated carbocycles. The van der Waals surface area contributed by atoms with Gasteiger partial charge in [0.25, 0.3) is 0 Å². The van der Waals surface area contributed by atoms with Crippen LogP contribution in [0.4, 0.5) is 16.8 Å². The highest BCUT2D eigenvalue weighted by atomic mass is 32.1. The van der Waals surface area contributed by atoms with Crippen LogP contribution < -0.4 is 16.0 Å². The Balaban J connectivity index is 1.55. The number of pyridine rings is 2. The highest BCUT2D eigenvalue weighted by molar-refractivity contribution is 7.21. The highest BCUT2D eigenvalue weighted by Crippen LogP contribution is 2.27. The first kappa shape index (κ1) is 21.9. The summed E-state index contributed by atoms with van der Waals surface area (Å²) in [6.45, 7) is 12.0. The lowest BCUT2D eigenvalue weighted by Crippen LogP contribution is -2.37. The van der Waals surface area contributed by atoms with Gasteiger partial charge in [-0.2, -0.15) is 0 Å². The number of aromatic nitrogens is 3. The van der Waals surface area contributed by atoms with E-state index in [1.54, 1.807) is 17.5 Å². The summed E-state index contributed by atoms with van der Waals surface area (Å²) in [5.74, 6) is 1.71. The number of nitrogens with zero attached hydrogens (tertiary/aromatic N) is 4. The lowest BCUT2D eigenvalue weighted by Gasteiger charge is -2.28. The predicted molar refractivity (Wildman–Crippen MR) is 130 cm³/mol. The Morgan fingerprint density at radius 3 is 2.74 bits per heavy atom. The van der Waals surface area contributed by atoms with Crippen LogP contribution in [0.15, 0.2) is 30.5 Å². The van der Waals surface area contributed by atoms with Gasteiger partial charge in [-0.05, 0) is 62.2 Å². The molecular weight excluding hydrogens is 406 g/mol. The van der Waals surface area contributed by atoms with Crippen LogP contribution in [-0.4, -0.2) is 52.1 Å². The third kappa shape index (κ3) is 5.70. The number of nitrogens with one attached hydrogen (secondary N) is 3. The second kappa shape index (κ2) is 9.06. The molecule has 1 fully saturated rings. The van der Waals surface area contributed by atoms with E-state index in [2.05, 4.69) is 77.7 Å². The SMILES string of the molecule is C[C@H](NCc1cc(Nc2nc3cccnc3s2)nc(NC2CCN(C)C2)c1)C(C)(C)C. The molecule has 3 aromatic heterocycles. The van der Waals surface area contributed by atoms with Gasteiger partial charge in [0.05, 0.1) is 0 Å². The summed E-state index contributed by atoms with van der Waals surface area (Å²) < 4.78 is 0. The lowest BCUT2D eigenvalue weighted by molar-refractivity contribution is 0.285. The number of hydrogen-bond acceptors (Lipinski definition) is 8. The summed E-state index contributed by atoms with van der Waals surface area (Å²) in [7, 11) is 2.16. The largest absolute Gasteiger partial charge is 0.366 e. The van der Waals surface area contributed by atoms with E-state index < -0.39 is 0 Å². The van der Waals surface area contributed by atoms with Crippen LogP contribution in [-0.2, 0) is 6.54 Å². The van der Waals surface area contributed by atoms with Gasteiger partial charge in [-0.15, -0.1) is 0 Å². The van der Waals surface area contributed by atoms with Crippen molar-refractivity contribution in [3.05, 3.63) is 36.0 Å². The molecule has 0 amide bonds. The molecule has 166 valence electrons. The lowest BCUT2D eigenvalue weighted by atomic mass is 9.88. The monoisotopic (exact) mass is 439 g/mol. The van der Waals surface area contributed by atoms with Crippen LogP contribution in [0, 0.1) is 5.41 Å². The quantitative estimate of drug-likeness (QED) is 0.501. The minimum atomic E-state index is 0.206. The van der Waals surface area contributed by atoms with Crippen molar-refractivity contribution < 1.29 is 0 Å². The number of anilines is 3. The normalized spacial score (nSPS) is 18.4. The number of likely N-dealkylation sites (tertiary alicyclic amines) is 1. The third-order valence-corrected chi connectivity index (χ3v) is 6.84. The van der Waals surface area contributed by atoms with Gasteiger partial charge in [-0.25, -0.2) is 15.0 Å². The van der Waals surface area contributed by atoms with Crippen molar-refractivity contribution in [1.29, 1.82) is 0 Å². The summed E-state index contributed by atoms with van der Waals surface area (Å²) in [5, 5.41) is 11.5. The highest BCUT2D eigenvalue weighted by Gasteiger charge is 2.21. The third-order valence-electron chi connectivity index (χ3n) is 5.94. The molecule has 1 aliphatic rings. The van der Waals surface area contributed by atoms with E-state index in [1.165, 1.54) is 5.56 Å². The topological polar surface area (TPSA) is 78.0 Å². The molecule has 0 bridgehead atoms. The number of rotatable bonds is 7. The number of hydrogen-bond donors (Lipinski definition) is 3. The van der Waals surface area contributed by atoms with Crippen LogP contribution in [0.2, 0.25) is 0 Å². The van der Waals surface area contributed by atoms with Crippen molar-refractivity contribution >= 4 is 38.5 Å². The molecule has 4 heterocycles.